The average molecular weight is 552 g/mol. The van der Waals surface area contributed by atoms with E-state index in [9.17, 15) is 0 Å². The molecular weight excluding hydrogens is 529 g/mol. The Morgan fingerprint density at radius 2 is 0.758 bits per heavy atom. The molecular formula is C30H23P2Pd-. The van der Waals surface area contributed by atoms with Crippen LogP contribution in [0, 0.1) is 6.07 Å². The maximum absolute atomic E-state index is 3.60. The fourth-order valence-corrected chi connectivity index (χ4v) is 8.58. The average Bonchev–Trinajstić information content (AvgIpc) is 2.87. The van der Waals surface area contributed by atoms with E-state index in [0.717, 1.165) is 0 Å². The molecule has 0 heterocycles. The summed E-state index contributed by atoms with van der Waals surface area (Å²) in [6, 6.07) is 53.9. The van der Waals surface area contributed by atoms with E-state index in [2.05, 4.69) is 146 Å². The molecule has 0 unspecified atom stereocenters. The Morgan fingerprint density at radius 1 is 0.394 bits per heavy atom. The Bertz CT molecular complexity index is 1080. The minimum atomic E-state index is -0.670. The molecule has 33 heavy (non-hydrogen) atoms. The first kappa shape index (κ1) is 23.8. The van der Waals surface area contributed by atoms with Crippen molar-refractivity contribution in [3.05, 3.63) is 146 Å². The van der Waals surface area contributed by atoms with Crippen LogP contribution in [-0.2, 0) is 20.4 Å². The van der Waals surface area contributed by atoms with Gasteiger partial charge < -0.3 is 0 Å². The van der Waals surface area contributed by atoms with Gasteiger partial charge in [-0.15, -0.1) is 10.6 Å². The second kappa shape index (κ2) is 11.7. The molecule has 0 aliphatic carbocycles. The molecule has 0 radical (unpaired) electrons. The van der Waals surface area contributed by atoms with Crippen molar-refractivity contribution in [1.82, 2.24) is 0 Å². The molecule has 0 saturated carbocycles. The SMILES string of the molecule is [Pd].[c-]1ccc(P(c2ccccc2)c2ccccc2)cc1P(c1ccccc1)c1ccccc1. The van der Waals surface area contributed by atoms with Crippen LogP contribution in [0.4, 0.5) is 0 Å². The zero-order valence-corrected chi connectivity index (χ0v) is 21.3. The summed E-state index contributed by atoms with van der Waals surface area (Å²) in [7, 11) is -1.30. The zero-order chi connectivity index (χ0) is 21.6. The number of hydrogen-bond acceptors (Lipinski definition) is 0. The Labute approximate surface area is 212 Å². The standard InChI is InChI=1S/C30H23P2.Pd/c1-5-14-25(15-6-1)31(26-16-7-2-8-17-26)29-22-13-23-30(24-29)32(27-18-9-3-10-19-27)28-20-11-4-12-21-28;/h1-22,24H;/q-1;. The van der Waals surface area contributed by atoms with Crippen molar-refractivity contribution in [1.29, 1.82) is 0 Å². The Hall–Kier alpha value is -2.38. The molecule has 0 fully saturated rings. The Balaban J connectivity index is 0.00000259. The second-order valence-electron chi connectivity index (χ2n) is 7.45. The molecule has 0 spiro atoms. The van der Waals surface area contributed by atoms with Crippen LogP contribution >= 0.6 is 15.8 Å². The third kappa shape index (κ3) is 5.58. The molecule has 0 nitrogen and oxygen atoms in total. The fraction of sp³-hybridized carbons (Fsp3) is 0. The van der Waals surface area contributed by atoms with Gasteiger partial charge >= 0.3 is 0 Å². The van der Waals surface area contributed by atoms with E-state index in [-0.39, 0.29) is 20.4 Å². The minimum Gasteiger partial charge on any atom is -0.176 e. The first-order valence-electron chi connectivity index (χ1n) is 10.7. The van der Waals surface area contributed by atoms with Crippen LogP contribution < -0.4 is 31.8 Å². The molecule has 0 amide bonds. The molecule has 0 aromatic heterocycles. The summed E-state index contributed by atoms with van der Waals surface area (Å²) >= 11 is 0. The van der Waals surface area contributed by atoms with E-state index in [4.69, 9.17) is 0 Å². The molecule has 5 aromatic rings. The fourth-order valence-electron chi connectivity index (χ4n) is 3.89. The predicted molar refractivity (Wildman–Crippen MR) is 143 cm³/mol. The number of benzene rings is 5. The molecule has 0 aliphatic heterocycles. The van der Waals surface area contributed by atoms with Gasteiger partial charge in [0, 0.05) is 20.4 Å². The van der Waals surface area contributed by atoms with Gasteiger partial charge in [0.25, 0.3) is 0 Å². The minimum absolute atomic E-state index is 0. The van der Waals surface area contributed by atoms with Crippen molar-refractivity contribution >= 4 is 47.7 Å². The summed E-state index contributed by atoms with van der Waals surface area (Å²) in [6.45, 7) is 0. The molecule has 0 bridgehead atoms. The Morgan fingerprint density at radius 3 is 1.15 bits per heavy atom. The molecule has 0 aliphatic rings. The van der Waals surface area contributed by atoms with Crippen molar-refractivity contribution < 1.29 is 20.4 Å². The zero-order valence-electron chi connectivity index (χ0n) is 18.0. The maximum atomic E-state index is 3.60. The van der Waals surface area contributed by atoms with Gasteiger partial charge in [-0.2, -0.15) is 24.3 Å². The van der Waals surface area contributed by atoms with Crippen molar-refractivity contribution in [3.8, 4) is 0 Å². The topological polar surface area (TPSA) is 0 Å². The quantitative estimate of drug-likeness (QED) is 0.158. The monoisotopic (exact) mass is 551 g/mol. The van der Waals surface area contributed by atoms with Crippen LogP contribution in [0.5, 0.6) is 0 Å². The summed E-state index contributed by atoms with van der Waals surface area (Å²) in [5, 5.41) is 8.08. The first-order chi connectivity index (χ1) is 15.9. The summed E-state index contributed by atoms with van der Waals surface area (Å²) in [5.74, 6) is 0. The third-order valence-corrected chi connectivity index (χ3v) is 10.1. The van der Waals surface area contributed by atoms with Gasteiger partial charge in [-0.25, -0.2) is 0 Å². The normalized spacial score (nSPS) is 10.7. The van der Waals surface area contributed by atoms with E-state index >= 15 is 0 Å². The first-order valence-corrected chi connectivity index (χ1v) is 13.4. The van der Waals surface area contributed by atoms with Gasteiger partial charge in [0.15, 0.2) is 0 Å². The summed E-state index contributed by atoms with van der Waals surface area (Å²) in [6.07, 6.45) is 0. The van der Waals surface area contributed by atoms with Crippen molar-refractivity contribution in [2.45, 2.75) is 0 Å². The molecule has 5 rings (SSSR count). The van der Waals surface area contributed by atoms with Gasteiger partial charge in [-0.1, -0.05) is 121 Å². The maximum Gasteiger partial charge on any atom is 0 e. The van der Waals surface area contributed by atoms with E-state index in [1.54, 1.807) is 0 Å². The van der Waals surface area contributed by atoms with E-state index < -0.39 is 15.8 Å². The molecule has 0 saturated heterocycles. The van der Waals surface area contributed by atoms with Crippen LogP contribution in [0.15, 0.2) is 140 Å². The molecule has 5 aromatic carbocycles. The van der Waals surface area contributed by atoms with Crippen molar-refractivity contribution in [3.63, 3.8) is 0 Å². The molecule has 0 N–H and O–H groups in total. The summed E-state index contributed by atoms with van der Waals surface area (Å²) in [5.41, 5.74) is 0. The summed E-state index contributed by atoms with van der Waals surface area (Å²) < 4.78 is 0. The molecule has 0 atom stereocenters. The third-order valence-electron chi connectivity index (χ3n) is 5.33. The predicted octanol–water partition coefficient (Wildman–Crippen LogP) is 5.00. The van der Waals surface area contributed by atoms with Gasteiger partial charge in [0.1, 0.15) is 0 Å². The second-order valence-corrected chi connectivity index (χ2v) is 11.9. The van der Waals surface area contributed by atoms with E-state index in [1.165, 1.54) is 31.8 Å². The molecule has 164 valence electrons. The van der Waals surface area contributed by atoms with Crippen molar-refractivity contribution in [2.24, 2.45) is 0 Å². The van der Waals surface area contributed by atoms with Gasteiger partial charge in [-0.05, 0) is 37.1 Å². The summed E-state index contributed by atoms with van der Waals surface area (Å²) in [4.78, 5) is 0. The largest absolute Gasteiger partial charge is 0.176 e. The van der Waals surface area contributed by atoms with Crippen LogP contribution in [0.25, 0.3) is 0 Å². The van der Waals surface area contributed by atoms with Crippen LogP contribution in [0.2, 0.25) is 0 Å². The smallest absolute Gasteiger partial charge is 0 e. The molecule has 3 heteroatoms. The van der Waals surface area contributed by atoms with E-state index in [1.807, 2.05) is 0 Å². The van der Waals surface area contributed by atoms with Crippen LogP contribution in [0.1, 0.15) is 0 Å². The van der Waals surface area contributed by atoms with Crippen LogP contribution in [0.3, 0.4) is 0 Å². The Kier molecular flexibility index (Phi) is 8.40. The van der Waals surface area contributed by atoms with Gasteiger partial charge in [-0.3, -0.25) is 0 Å². The van der Waals surface area contributed by atoms with Gasteiger partial charge in [0.2, 0.25) is 0 Å². The van der Waals surface area contributed by atoms with Crippen LogP contribution in [-0.4, -0.2) is 0 Å². The van der Waals surface area contributed by atoms with Crippen molar-refractivity contribution in [2.75, 3.05) is 0 Å². The number of rotatable bonds is 6. The number of hydrogen-bond donors (Lipinski definition) is 0. The van der Waals surface area contributed by atoms with Gasteiger partial charge in [0.05, 0.1) is 0 Å². The van der Waals surface area contributed by atoms with E-state index in [0.29, 0.717) is 0 Å².